The Kier molecular flexibility index (Phi) is 7.85. The number of imide groups is 1. The fraction of sp³-hybridized carbons (Fsp3) is 0.600. The van der Waals surface area contributed by atoms with Crippen molar-refractivity contribution in [3.05, 3.63) is 0 Å². The van der Waals surface area contributed by atoms with Crippen molar-refractivity contribution < 1.29 is 29.0 Å². The Morgan fingerprint density at radius 2 is 1.84 bits per heavy atom. The number of urea groups is 1. The number of nitrogens with one attached hydrogen (secondary N) is 3. The van der Waals surface area contributed by atoms with E-state index in [1.807, 2.05) is 5.32 Å². The molecule has 4 amide bonds. The Labute approximate surface area is 109 Å². The van der Waals surface area contributed by atoms with Crippen LogP contribution in [0.4, 0.5) is 4.79 Å². The van der Waals surface area contributed by atoms with E-state index in [4.69, 9.17) is 5.11 Å². The first-order chi connectivity index (χ1) is 8.86. The largest absolute Gasteiger partial charge is 0.480 e. The van der Waals surface area contributed by atoms with Crippen LogP contribution in [0.25, 0.3) is 0 Å². The van der Waals surface area contributed by atoms with E-state index >= 15 is 0 Å². The Balaban J connectivity index is 3.93. The van der Waals surface area contributed by atoms with Crippen molar-refractivity contribution in [1.82, 2.24) is 16.0 Å². The molecule has 0 aliphatic rings. The van der Waals surface area contributed by atoms with Crippen molar-refractivity contribution in [1.29, 1.82) is 0 Å². The number of likely N-dealkylation sites (N-methyl/N-ethyl adjacent to an activating group) is 1. The summed E-state index contributed by atoms with van der Waals surface area (Å²) in [7, 11) is 0. The number of carboxylic acids is 1. The molecule has 0 saturated carbocycles. The number of ether oxygens (including phenoxy) is 1. The molecule has 0 aromatic heterocycles. The van der Waals surface area contributed by atoms with Crippen molar-refractivity contribution in [2.45, 2.75) is 19.9 Å². The van der Waals surface area contributed by atoms with Gasteiger partial charge in [-0.25, -0.2) is 9.59 Å². The summed E-state index contributed by atoms with van der Waals surface area (Å²) in [6.45, 7) is 2.41. The zero-order valence-corrected chi connectivity index (χ0v) is 10.7. The summed E-state index contributed by atoms with van der Waals surface area (Å²) in [5.41, 5.74) is 0. The van der Waals surface area contributed by atoms with Crippen LogP contribution in [0.15, 0.2) is 0 Å². The second kappa shape index (κ2) is 8.86. The molecule has 1 unspecified atom stereocenters. The zero-order chi connectivity index (χ0) is 14.8. The third kappa shape index (κ3) is 8.55. The highest BCUT2D eigenvalue weighted by atomic mass is 16.5. The molecule has 1 atom stereocenters. The Morgan fingerprint density at radius 3 is 2.37 bits per heavy atom. The Morgan fingerprint density at radius 1 is 1.21 bits per heavy atom. The summed E-state index contributed by atoms with van der Waals surface area (Å²) in [6, 6.07) is -1.66. The molecule has 0 spiro atoms. The Hall–Kier alpha value is -2.16. The van der Waals surface area contributed by atoms with E-state index in [0.29, 0.717) is 6.54 Å². The molecule has 0 rings (SSSR count). The predicted octanol–water partition coefficient (Wildman–Crippen LogP) is -1.56. The molecular formula is C10H17N3O6. The number of rotatable bonds is 7. The summed E-state index contributed by atoms with van der Waals surface area (Å²) in [5.74, 6) is -2.41. The van der Waals surface area contributed by atoms with Gasteiger partial charge < -0.3 is 20.5 Å². The lowest BCUT2D eigenvalue weighted by Gasteiger charge is -2.13. The summed E-state index contributed by atoms with van der Waals surface area (Å²) >= 11 is 0. The molecule has 9 nitrogen and oxygen atoms in total. The number of carboxylic acid groups (broad SMARTS) is 1. The molecule has 0 aliphatic carbocycles. The normalized spacial score (nSPS) is 11.3. The van der Waals surface area contributed by atoms with Crippen molar-refractivity contribution >= 4 is 23.8 Å². The minimum Gasteiger partial charge on any atom is -0.480 e. The van der Waals surface area contributed by atoms with Crippen molar-refractivity contribution in [3.8, 4) is 0 Å². The molecule has 4 N–H and O–H groups in total. The van der Waals surface area contributed by atoms with Crippen LogP contribution in [0, 0.1) is 0 Å². The monoisotopic (exact) mass is 275 g/mol. The molecule has 108 valence electrons. The van der Waals surface area contributed by atoms with Crippen LogP contribution in [-0.4, -0.2) is 54.7 Å². The molecule has 19 heavy (non-hydrogen) atoms. The molecule has 0 aromatic rings. The summed E-state index contributed by atoms with van der Waals surface area (Å²) in [6.07, 6.45) is 0. The van der Waals surface area contributed by atoms with Gasteiger partial charge in [-0.1, -0.05) is 0 Å². The quantitative estimate of drug-likeness (QED) is 0.444. The maximum Gasteiger partial charge on any atom is 0.329 e. The number of aliphatic carboxylic acids is 1. The van der Waals surface area contributed by atoms with Gasteiger partial charge in [0.1, 0.15) is 19.3 Å². The zero-order valence-electron chi connectivity index (χ0n) is 10.7. The molecule has 9 heteroatoms. The SMILES string of the molecule is CCNC(=O)C(C)NC(=O)NC(=O)COCC(=O)O. The van der Waals surface area contributed by atoms with Crippen LogP contribution in [-0.2, 0) is 19.1 Å². The topological polar surface area (TPSA) is 134 Å². The van der Waals surface area contributed by atoms with Crippen molar-refractivity contribution in [3.63, 3.8) is 0 Å². The van der Waals surface area contributed by atoms with Crippen LogP contribution in [0.1, 0.15) is 13.8 Å². The molecule has 0 heterocycles. The first kappa shape index (κ1) is 16.8. The van der Waals surface area contributed by atoms with Gasteiger partial charge in [0, 0.05) is 6.54 Å². The van der Waals surface area contributed by atoms with E-state index in [2.05, 4.69) is 15.4 Å². The van der Waals surface area contributed by atoms with Gasteiger partial charge in [-0.2, -0.15) is 0 Å². The van der Waals surface area contributed by atoms with Crippen LogP contribution < -0.4 is 16.0 Å². The molecule has 0 saturated heterocycles. The first-order valence-electron chi connectivity index (χ1n) is 5.54. The van der Waals surface area contributed by atoms with Crippen LogP contribution in [0.5, 0.6) is 0 Å². The van der Waals surface area contributed by atoms with Gasteiger partial charge >= 0.3 is 12.0 Å². The lowest BCUT2D eigenvalue weighted by Crippen LogP contribution is -2.50. The summed E-state index contributed by atoms with van der Waals surface area (Å²) < 4.78 is 4.48. The van der Waals surface area contributed by atoms with Crippen LogP contribution in [0.3, 0.4) is 0 Å². The first-order valence-corrected chi connectivity index (χ1v) is 5.54. The third-order valence-electron chi connectivity index (χ3n) is 1.80. The molecule has 0 aromatic carbocycles. The van der Waals surface area contributed by atoms with Gasteiger partial charge in [-0.15, -0.1) is 0 Å². The van der Waals surface area contributed by atoms with Gasteiger partial charge in [0.05, 0.1) is 0 Å². The summed E-state index contributed by atoms with van der Waals surface area (Å²) in [4.78, 5) is 43.8. The number of amides is 4. The van der Waals surface area contributed by atoms with E-state index in [9.17, 15) is 19.2 Å². The minimum absolute atomic E-state index is 0.382. The highest BCUT2D eigenvalue weighted by Gasteiger charge is 2.16. The number of carbonyl (C=O) groups is 4. The van der Waals surface area contributed by atoms with Crippen LogP contribution >= 0.6 is 0 Å². The Bertz CT molecular complexity index is 357. The van der Waals surface area contributed by atoms with Crippen molar-refractivity contribution in [2.75, 3.05) is 19.8 Å². The smallest absolute Gasteiger partial charge is 0.329 e. The maximum absolute atomic E-state index is 11.3. The van der Waals surface area contributed by atoms with E-state index in [-0.39, 0.29) is 5.91 Å². The lowest BCUT2D eigenvalue weighted by atomic mass is 10.3. The number of carbonyl (C=O) groups excluding carboxylic acids is 3. The number of hydrogen-bond donors (Lipinski definition) is 4. The predicted molar refractivity (Wildman–Crippen MR) is 63.3 cm³/mol. The van der Waals surface area contributed by atoms with E-state index in [0.717, 1.165) is 0 Å². The maximum atomic E-state index is 11.3. The molecule has 0 fully saturated rings. The van der Waals surface area contributed by atoms with E-state index < -0.39 is 37.2 Å². The van der Waals surface area contributed by atoms with Gasteiger partial charge in [-0.05, 0) is 13.8 Å². The van der Waals surface area contributed by atoms with Crippen LogP contribution in [0.2, 0.25) is 0 Å². The van der Waals surface area contributed by atoms with E-state index in [1.54, 1.807) is 6.92 Å². The molecular weight excluding hydrogens is 258 g/mol. The molecule has 0 bridgehead atoms. The highest BCUT2D eigenvalue weighted by Crippen LogP contribution is 1.83. The van der Waals surface area contributed by atoms with Gasteiger partial charge in [0.15, 0.2) is 0 Å². The second-order valence-electron chi connectivity index (χ2n) is 3.52. The highest BCUT2D eigenvalue weighted by molar-refractivity contribution is 5.96. The van der Waals surface area contributed by atoms with Gasteiger partial charge in [0.25, 0.3) is 5.91 Å². The van der Waals surface area contributed by atoms with Crippen molar-refractivity contribution in [2.24, 2.45) is 0 Å². The lowest BCUT2D eigenvalue weighted by molar-refractivity contribution is -0.143. The summed E-state index contributed by atoms with van der Waals surface area (Å²) in [5, 5.41) is 14.9. The fourth-order valence-corrected chi connectivity index (χ4v) is 1.02. The minimum atomic E-state index is -1.22. The fourth-order valence-electron chi connectivity index (χ4n) is 1.02. The standard InChI is InChI=1S/C10H17N3O6/c1-3-11-9(17)6(2)12-10(18)13-7(14)4-19-5-8(15)16/h6H,3-5H2,1-2H3,(H,11,17)(H,15,16)(H2,12,13,14,18). The number of hydrogen-bond acceptors (Lipinski definition) is 5. The van der Waals surface area contributed by atoms with Gasteiger partial charge in [-0.3, -0.25) is 14.9 Å². The van der Waals surface area contributed by atoms with Gasteiger partial charge in [0.2, 0.25) is 5.91 Å². The average molecular weight is 275 g/mol. The third-order valence-corrected chi connectivity index (χ3v) is 1.80. The molecule has 0 radical (unpaired) electrons. The second-order valence-corrected chi connectivity index (χ2v) is 3.52. The average Bonchev–Trinajstić information content (AvgIpc) is 2.28. The van der Waals surface area contributed by atoms with E-state index in [1.165, 1.54) is 6.92 Å². The molecule has 0 aliphatic heterocycles.